The van der Waals surface area contributed by atoms with Gasteiger partial charge in [-0.1, -0.05) is 24.3 Å². The summed E-state index contributed by atoms with van der Waals surface area (Å²) < 4.78 is 0. The minimum atomic E-state index is -0.155. The summed E-state index contributed by atoms with van der Waals surface area (Å²) in [6, 6.07) is 20.0. The largest absolute Gasteiger partial charge is 0.326 e. The summed E-state index contributed by atoms with van der Waals surface area (Å²) in [4.78, 5) is 39.9. The Hall–Kier alpha value is -3.49. The van der Waals surface area contributed by atoms with Crippen LogP contribution < -0.4 is 16.0 Å². The van der Waals surface area contributed by atoms with Crippen LogP contribution in [0.4, 0.5) is 17.1 Å². The highest BCUT2D eigenvalue weighted by Gasteiger charge is 2.27. The molecule has 1 unspecified atom stereocenters. The first-order chi connectivity index (χ1) is 16.1. The van der Waals surface area contributed by atoms with Crippen molar-refractivity contribution in [2.24, 2.45) is 5.92 Å². The number of likely N-dealkylation sites (tertiary alicyclic amines) is 1. The lowest BCUT2D eigenvalue weighted by Crippen LogP contribution is -2.43. The topological polar surface area (TPSA) is 90.5 Å². The molecule has 1 fully saturated rings. The van der Waals surface area contributed by atoms with E-state index in [-0.39, 0.29) is 30.2 Å². The SMILES string of the molecule is O=C(CN1CCCC(C(=O)Nc2ccccc2)C1)Nc1ccc(NC(=O)c2cccs2)cc1. The van der Waals surface area contributed by atoms with Gasteiger partial charge in [0.2, 0.25) is 11.8 Å². The number of amides is 3. The van der Waals surface area contributed by atoms with E-state index < -0.39 is 0 Å². The minimum Gasteiger partial charge on any atom is -0.326 e. The average molecular weight is 463 g/mol. The first kappa shape index (κ1) is 22.7. The predicted molar refractivity (Wildman–Crippen MR) is 132 cm³/mol. The van der Waals surface area contributed by atoms with Gasteiger partial charge in [0.25, 0.3) is 5.91 Å². The normalized spacial score (nSPS) is 16.1. The predicted octanol–water partition coefficient (Wildman–Crippen LogP) is 4.29. The summed E-state index contributed by atoms with van der Waals surface area (Å²) in [7, 11) is 0. The van der Waals surface area contributed by atoms with Gasteiger partial charge in [-0.2, -0.15) is 0 Å². The second-order valence-corrected chi connectivity index (χ2v) is 8.93. The molecular formula is C25H26N4O3S. The van der Waals surface area contributed by atoms with Crippen molar-refractivity contribution in [3.8, 4) is 0 Å². The molecule has 3 N–H and O–H groups in total. The molecule has 2 aromatic carbocycles. The fourth-order valence-electron chi connectivity index (χ4n) is 3.82. The van der Waals surface area contributed by atoms with Crippen molar-refractivity contribution in [3.63, 3.8) is 0 Å². The van der Waals surface area contributed by atoms with Gasteiger partial charge in [-0.25, -0.2) is 0 Å². The molecule has 0 aliphatic carbocycles. The highest BCUT2D eigenvalue weighted by molar-refractivity contribution is 7.12. The average Bonchev–Trinajstić information content (AvgIpc) is 3.36. The molecule has 7 nitrogen and oxygen atoms in total. The van der Waals surface area contributed by atoms with E-state index in [2.05, 4.69) is 16.0 Å². The Bertz CT molecular complexity index is 1080. The van der Waals surface area contributed by atoms with Crippen molar-refractivity contribution in [2.45, 2.75) is 12.8 Å². The third-order valence-corrected chi connectivity index (χ3v) is 6.32. The van der Waals surface area contributed by atoms with Crippen molar-refractivity contribution < 1.29 is 14.4 Å². The molecule has 1 aromatic heterocycles. The zero-order valence-corrected chi connectivity index (χ0v) is 18.9. The maximum absolute atomic E-state index is 12.6. The molecule has 0 bridgehead atoms. The van der Waals surface area contributed by atoms with Crippen LogP contribution in [-0.2, 0) is 9.59 Å². The van der Waals surface area contributed by atoms with Crippen molar-refractivity contribution >= 4 is 46.1 Å². The molecule has 1 atom stereocenters. The molecule has 8 heteroatoms. The van der Waals surface area contributed by atoms with Gasteiger partial charge in [-0.3, -0.25) is 19.3 Å². The number of benzene rings is 2. The van der Waals surface area contributed by atoms with Gasteiger partial charge in [0.05, 0.1) is 17.3 Å². The molecular weight excluding hydrogens is 436 g/mol. The number of hydrogen-bond acceptors (Lipinski definition) is 5. The summed E-state index contributed by atoms with van der Waals surface area (Å²) in [6.07, 6.45) is 1.69. The first-order valence-electron chi connectivity index (χ1n) is 10.9. The number of thiophene rings is 1. The van der Waals surface area contributed by atoms with Gasteiger partial charge in [0.15, 0.2) is 0 Å². The van der Waals surface area contributed by atoms with Crippen LogP contribution in [0.5, 0.6) is 0 Å². The fraction of sp³-hybridized carbons (Fsp3) is 0.240. The Labute approximate surface area is 196 Å². The van der Waals surface area contributed by atoms with Crippen molar-refractivity contribution in [1.82, 2.24) is 4.90 Å². The minimum absolute atomic E-state index is 0.00788. The fourth-order valence-corrected chi connectivity index (χ4v) is 4.44. The van der Waals surface area contributed by atoms with E-state index >= 15 is 0 Å². The molecule has 0 radical (unpaired) electrons. The van der Waals surface area contributed by atoms with Gasteiger partial charge < -0.3 is 16.0 Å². The zero-order valence-electron chi connectivity index (χ0n) is 18.1. The number of piperidine rings is 1. The lowest BCUT2D eigenvalue weighted by molar-refractivity contribution is -0.123. The van der Waals surface area contributed by atoms with E-state index in [0.717, 1.165) is 25.1 Å². The molecule has 3 amide bonds. The lowest BCUT2D eigenvalue weighted by atomic mass is 9.97. The number of carbonyl (C=O) groups excluding carboxylic acids is 3. The summed E-state index contributed by atoms with van der Waals surface area (Å²) >= 11 is 1.38. The van der Waals surface area contributed by atoms with Gasteiger partial charge in [0.1, 0.15) is 0 Å². The molecule has 3 aromatic rings. The van der Waals surface area contributed by atoms with Crippen molar-refractivity contribution in [2.75, 3.05) is 35.6 Å². The third kappa shape index (κ3) is 6.50. The molecule has 170 valence electrons. The van der Waals surface area contributed by atoms with Crippen LogP contribution in [0.1, 0.15) is 22.5 Å². The monoisotopic (exact) mass is 462 g/mol. The van der Waals surface area contributed by atoms with Gasteiger partial charge in [0, 0.05) is 23.6 Å². The summed E-state index contributed by atoms with van der Waals surface area (Å²) in [6.45, 7) is 1.57. The van der Waals surface area contributed by atoms with Crippen LogP contribution >= 0.6 is 11.3 Å². The number of rotatable bonds is 7. The van der Waals surface area contributed by atoms with E-state index in [1.54, 1.807) is 30.3 Å². The molecule has 33 heavy (non-hydrogen) atoms. The van der Waals surface area contributed by atoms with Gasteiger partial charge in [-0.05, 0) is 67.2 Å². The van der Waals surface area contributed by atoms with Crippen molar-refractivity contribution in [3.05, 3.63) is 77.0 Å². The molecule has 0 saturated carbocycles. The van der Waals surface area contributed by atoms with Crippen LogP contribution in [-0.4, -0.2) is 42.3 Å². The molecule has 2 heterocycles. The van der Waals surface area contributed by atoms with E-state index in [1.807, 2.05) is 46.7 Å². The van der Waals surface area contributed by atoms with Gasteiger partial charge in [-0.15, -0.1) is 11.3 Å². The van der Waals surface area contributed by atoms with E-state index in [0.29, 0.717) is 22.8 Å². The van der Waals surface area contributed by atoms with E-state index in [4.69, 9.17) is 0 Å². The number of hydrogen-bond donors (Lipinski definition) is 3. The van der Waals surface area contributed by atoms with Crippen LogP contribution in [0.3, 0.4) is 0 Å². The smallest absolute Gasteiger partial charge is 0.265 e. The standard InChI is InChI=1S/C25H26N4O3S/c30-23(26-20-10-12-21(13-11-20)28-25(32)22-9-5-15-33-22)17-29-14-4-6-18(16-29)24(31)27-19-7-2-1-3-8-19/h1-3,5,7-13,15,18H,4,6,14,16-17H2,(H,26,30)(H,27,31)(H,28,32). The molecule has 4 rings (SSSR count). The molecule has 1 saturated heterocycles. The maximum Gasteiger partial charge on any atom is 0.265 e. The number of nitrogens with zero attached hydrogens (tertiary/aromatic N) is 1. The summed E-state index contributed by atoms with van der Waals surface area (Å²) in [5.74, 6) is -0.434. The second kappa shape index (κ2) is 10.9. The maximum atomic E-state index is 12.6. The van der Waals surface area contributed by atoms with Crippen LogP contribution in [0.2, 0.25) is 0 Å². The van der Waals surface area contributed by atoms with Crippen LogP contribution in [0, 0.1) is 5.92 Å². The quantitative estimate of drug-likeness (QED) is 0.489. The van der Waals surface area contributed by atoms with Gasteiger partial charge >= 0.3 is 0 Å². The molecule has 1 aliphatic heterocycles. The Morgan fingerprint density at radius 2 is 1.55 bits per heavy atom. The first-order valence-corrected chi connectivity index (χ1v) is 11.8. The molecule has 0 spiro atoms. The van der Waals surface area contributed by atoms with Crippen molar-refractivity contribution in [1.29, 1.82) is 0 Å². The number of carbonyl (C=O) groups is 3. The van der Waals surface area contributed by atoms with Crippen LogP contribution in [0.25, 0.3) is 0 Å². The summed E-state index contributed by atoms with van der Waals surface area (Å²) in [5, 5.41) is 10.5. The highest BCUT2D eigenvalue weighted by Crippen LogP contribution is 2.20. The second-order valence-electron chi connectivity index (χ2n) is 7.99. The Balaban J connectivity index is 1.25. The van der Waals surface area contributed by atoms with Crippen LogP contribution in [0.15, 0.2) is 72.1 Å². The Morgan fingerprint density at radius 3 is 2.24 bits per heavy atom. The number of para-hydroxylation sites is 1. The number of nitrogens with one attached hydrogen (secondary N) is 3. The third-order valence-electron chi connectivity index (χ3n) is 5.46. The molecule has 1 aliphatic rings. The zero-order chi connectivity index (χ0) is 23.0. The summed E-state index contributed by atoms with van der Waals surface area (Å²) in [5.41, 5.74) is 2.10. The van der Waals surface area contributed by atoms with E-state index in [1.165, 1.54) is 11.3 Å². The Kier molecular flexibility index (Phi) is 7.49. The van der Waals surface area contributed by atoms with E-state index in [9.17, 15) is 14.4 Å². The highest BCUT2D eigenvalue weighted by atomic mass is 32.1. The number of anilines is 3. The Morgan fingerprint density at radius 1 is 0.848 bits per heavy atom. The lowest BCUT2D eigenvalue weighted by Gasteiger charge is -2.31.